The van der Waals surface area contributed by atoms with E-state index in [2.05, 4.69) is 24.8 Å². The molecule has 1 rings (SSSR count). The number of hydrogen-bond donors (Lipinski definition) is 0. The van der Waals surface area contributed by atoms with Crippen LogP contribution >= 0.6 is 0 Å². The molecule has 0 amide bonds. The van der Waals surface area contributed by atoms with Gasteiger partial charge < -0.3 is 0 Å². The Morgan fingerprint density at radius 1 is 1.60 bits per heavy atom. The third-order valence-electron chi connectivity index (χ3n) is 2.82. The molecule has 1 atom stereocenters. The number of carbonyl (C=O) groups is 1. The molecule has 3 heteroatoms. The molecule has 0 heterocycles. The standard InChI is InChI=1S/C12H20N2O/c1-10(2)9-14(8-4-7-13)11-5-3-6-12(11)15/h10-11H,3-6,8-9H2,1-2H3. The Morgan fingerprint density at radius 2 is 2.33 bits per heavy atom. The molecule has 0 aromatic rings. The van der Waals surface area contributed by atoms with Gasteiger partial charge in [-0.25, -0.2) is 0 Å². The summed E-state index contributed by atoms with van der Waals surface area (Å²) < 4.78 is 0. The van der Waals surface area contributed by atoms with E-state index in [0.717, 1.165) is 32.4 Å². The molecular weight excluding hydrogens is 188 g/mol. The van der Waals surface area contributed by atoms with E-state index in [9.17, 15) is 4.79 Å². The molecule has 1 fully saturated rings. The van der Waals surface area contributed by atoms with Crippen LogP contribution in [0.2, 0.25) is 0 Å². The van der Waals surface area contributed by atoms with Gasteiger partial charge in [0.05, 0.1) is 12.1 Å². The Balaban J connectivity index is 2.54. The van der Waals surface area contributed by atoms with Gasteiger partial charge in [-0.3, -0.25) is 9.69 Å². The molecule has 0 aromatic carbocycles. The second kappa shape index (κ2) is 5.87. The van der Waals surface area contributed by atoms with Crippen molar-refractivity contribution < 1.29 is 4.79 Å². The molecule has 0 aliphatic heterocycles. The summed E-state index contributed by atoms with van der Waals surface area (Å²) in [7, 11) is 0. The van der Waals surface area contributed by atoms with Crippen molar-refractivity contribution in [2.75, 3.05) is 13.1 Å². The Hall–Kier alpha value is -0.880. The molecule has 84 valence electrons. The van der Waals surface area contributed by atoms with Crippen LogP contribution in [0.15, 0.2) is 0 Å². The summed E-state index contributed by atoms with van der Waals surface area (Å²) in [5, 5.41) is 8.60. The van der Waals surface area contributed by atoms with Gasteiger partial charge in [0, 0.05) is 25.9 Å². The molecule has 3 nitrogen and oxygen atoms in total. The van der Waals surface area contributed by atoms with Crippen LogP contribution in [0.4, 0.5) is 0 Å². The minimum atomic E-state index is 0.0979. The minimum absolute atomic E-state index is 0.0979. The van der Waals surface area contributed by atoms with Crippen molar-refractivity contribution in [1.82, 2.24) is 4.90 Å². The highest BCUT2D eigenvalue weighted by molar-refractivity contribution is 5.85. The first-order valence-electron chi connectivity index (χ1n) is 5.79. The van der Waals surface area contributed by atoms with Crippen molar-refractivity contribution in [3.05, 3.63) is 0 Å². The number of hydrogen-bond acceptors (Lipinski definition) is 3. The molecular formula is C12H20N2O. The second-order valence-electron chi connectivity index (χ2n) is 4.67. The van der Waals surface area contributed by atoms with Crippen molar-refractivity contribution in [2.45, 2.75) is 45.6 Å². The minimum Gasteiger partial charge on any atom is -0.298 e. The number of rotatable bonds is 5. The van der Waals surface area contributed by atoms with Crippen LogP contribution in [0.1, 0.15) is 39.5 Å². The summed E-state index contributed by atoms with van der Waals surface area (Å²) >= 11 is 0. The molecule has 0 bridgehead atoms. The van der Waals surface area contributed by atoms with Crippen LogP contribution in [0, 0.1) is 17.2 Å². The van der Waals surface area contributed by atoms with Crippen molar-refractivity contribution in [3.8, 4) is 6.07 Å². The summed E-state index contributed by atoms with van der Waals surface area (Å²) in [6.45, 7) is 5.97. The lowest BCUT2D eigenvalue weighted by atomic mass is 10.1. The molecule has 0 spiro atoms. The van der Waals surface area contributed by atoms with E-state index in [-0.39, 0.29) is 6.04 Å². The Labute approximate surface area is 92.1 Å². The van der Waals surface area contributed by atoms with Gasteiger partial charge in [-0.2, -0.15) is 5.26 Å². The van der Waals surface area contributed by atoms with E-state index in [4.69, 9.17) is 5.26 Å². The summed E-state index contributed by atoms with van der Waals surface area (Å²) in [5.41, 5.74) is 0. The fourth-order valence-corrected chi connectivity index (χ4v) is 2.22. The van der Waals surface area contributed by atoms with Gasteiger partial charge >= 0.3 is 0 Å². The van der Waals surface area contributed by atoms with Crippen LogP contribution in [0.3, 0.4) is 0 Å². The second-order valence-corrected chi connectivity index (χ2v) is 4.67. The monoisotopic (exact) mass is 208 g/mol. The summed E-state index contributed by atoms with van der Waals surface area (Å²) in [5.74, 6) is 0.922. The topological polar surface area (TPSA) is 44.1 Å². The van der Waals surface area contributed by atoms with Gasteiger partial charge in [0.2, 0.25) is 0 Å². The SMILES string of the molecule is CC(C)CN(CCC#N)C1CCCC1=O. The number of nitrogens with zero attached hydrogens (tertiary/aromatic N) is 2. The fourth-order valence-electron chi connectivity index (χ4n) is 2.22. The first-order chi connectivity index (χ1) is 7.15. The maximum atomic E-state index is 11.6. The lowest BCUT2D eigenvalue weighted by Crippen LogP contribution is -2.41. The molecule has 0 aromatic heterocycles. The van der Waals surface area contributed by atoms with Crippen LogP contribution in [0.25, 0.3) is 0 Å². The first-order valence-corrected chi connectivity index (χ1v) is 5.79. The highest BCUT2D eigenvalue weighted by atomic mass is 16.1. The van der Waals surface area contributed by atoms with Gasteiger partial charge in [-0.1, -0.05) is 13.8 Å². The molecule has 0 radical (unpaired) electrons. The molecule has 1 unspecified atom stereocenters. The van der Waals surface area contributed by atoms with E-state index in [1.807, 2.05) is 0 Å². The predicted molar refractivity (Wildman–Crippen MR) is 59.3 cm³/mol. The van der Waals surface area contributed by atoms with E-state index >= 15 is 0 Å². The highest BCUT2D eigenvalue weighted by Crippen LogP contribution is 2.21. The molecule has 1 saturated carbocycles. The van der Waals surface area contributed by atoms with Gasteiger partial charge in [0.15, 0.2) is 0 Å². The van der Waals surface area contributed by atoms with Crippen molar-refractivity contribution in [1.29, 1.82) is 5.26 Å². The van der Waals surface area contributed by atoms with E-state index in [1.165, 1.54) is 0 Å². The van der Waals surface area contributed by atoms with E-state index in [1.54, 1.807) is 0 Å². The zero-order valence-electron chi connectivity index (χ0n) is 9.70. The van der Waals surface area contributed by atoms with Crippen LogP contribution in [-0.2, 0) is 4.79 Å². The maximum absolute atomic E-state index is 11.6. The largest absolute Gasteiger partial charge is 0.298 e. The average Bonchev–Trinajstić information content (AvgIpc) is 2.58. The van der Waals surface area contributed by atoms with Gasteiger partial charge in [0.1, 0.15) is 5.78 Å². The zero-order valence-corrected chi connectivity index (χ0v) is 9.70. The van der Waals surface area contributed by atoms with Crippen LogP contribution < -0.4 is 0 Å². The lowest BCUT2D eigenvalue weighted by molar-refractivity contribution is -0.122. The Kier molecular flexibility index (Phi) is 4.77. The third-order valence-corrected chi connectivity index (χ3v) is 2.82. The lowest BCUT2D eigenvalue weighted by Gasteiger charge is -2.28. The van der Waals surface area contributed by atoms with Gasteiger partial charge in [-0.15, -0.1) is 0 Å². The van der Waals surface area contributed by atoms with Crippen LogP contribution in [0.5, 0.6) is 0 Å². The fraction of sp³-hybridized carbons (Fsp3) is 0.833. The normalized spacial score (nSPS) is 21.3. The smallest absolute Gasteiger partial charge is 0.149 e. The molecule has 15 heavy (non-hydrogen) atoms. The van der Waals surface area contributed by atoms with E-state index in [0.29, 0.717) is 18.1 Å². The molecule has 0 saturated heterocycles. The third kappa shape index (κ3) is 3.64. The maximum Gasteiger partial charge on any atom is 0.149 e. The quantitative estimate of drug-likeness (QED) is 0.694. The molecule has 0 N–H and O–H groups in total. The van der Waals surface area contributed by atoms with E-state index < -0.39 is 0 Å². The molecule has 1 aliphatic carbocycles. The number of ketones is 1. The summed E-state index contributed by atoms with van der Waals surface area (Å²) in [6, 6.07) is 2.25. The number of nitriles is 1. The van der Waals surface area contributed by atoms with Crippen molar-refractivity contribution in [3.63, 3.8) is 0 Å². The highest BCUT2D eigenvalue weighted by Gasteiger charge is 2.29. The zero-order chi connectivity index (χ0) is 11.3. The van der Waals surface area contributed by atoms with Gasteiger partial charge in [-0.05, 0) is 18.8 Å². The van der Waals surface area contributed by atoms with Crippen LogP contribution in [-0.4, -0.2) is 29.8 Å². The van der Waals surface area contributed by atoms with Crippen molar-refractivity contribution in [2.24, 2.45) is 5.92 Å². The number of carbonyl (C=O) groups excluding carboxylic acids is 1. The Bertz CT molecular complexity index is 255. The summed E-state index contributed by atoms with van der Waals surface area (Å²) in [4.78, 5) is 13.8. The summed E-state index contributed by atoms with van der Waals surface area (Å²) in [6.07, 6.45) is 3.25. The predicted octanol–water partition coefficient (Wildman–Crippen LogP) is 1.98. The first kappa shape index (κ1) is 12.2. The van der Waals surface area contributed by atoms with Gasteiger partial charge in [0.25, 0.3) is 0 Å². The van der Waals surface area contributed by atoms with Crippen molar-refractivity contribution >= 4 is 5.78 Å². The average molecular weight is 208 g/mol. The number of Topliss-reactive ketones (excluding diaryl/α,β-unsaturated/α-hetero) is 1. The molecule has 1 aliphatic rings. The Morgan fingerprint density at radius 3 is 2.80 bits per heavy atom.